The zero-order valence-electron chi connectivity index (χ0n) is 11.0. The molecule has 1 aromatic heterocycles. The van der Waals surface area contributed by atoms with Gasteiger partial charge in [-0.2, -0.15) is 5.10 Å². The summed E-state index contributed by atoms with van der Waals surface area (Å²) < 4.78 is 2.88. The van der Waals surface area contributed by atoms with Crippen LogP contribution in [0.5, 0.6) is 0 Å². The lowest BCUT2D eigenvalue weighted by Gasteiger charge is -2.18. The molecule has 1 heterocycles. The van der Waals surface area contributed by atoms with Crippen LogP contribution in [0, 0.1) is 0 Å². The standard InChI is InChI=1S/C14H17BrClN3/c1-3-6-17-10(2)13-7-11(15)4-5-14(13)19-9-12(16)8-18-19/h4-5,7-10,17H,3,6H2,1-2H3. The van der Waals surface area contributed by atoms with Gasteiger partial charge in [0.25, 0.3) is 0 Å². The summed E-state index contributed by atoms with van der Waals surface area (Å²) in [7, 11) is 0. The average Bonchev–Trinajstić information content (AvgIpc) is 2.82. The molecule has 0 radical (unpaired) electrons. The Labute approximate surface area is 127 Å². The van der Waals surface area contributed by atoms with Gasteiger partial charge in [-0.05, 0) is 43.7 Å². The molecule has 0 saturated carbocycles. The van der Waals surface area contributed by atoms with Crippen molar-refractivity contribution in [2.75, 3.05) is 6.54 Å². The van der Waals surface area contributed by atoms with E-state index in [2.05, 4.69) is 46.3 Å². The van der Waals surface area contributed by atoms with Gasteiger partial charge in [-0.15, -0.1) is 0 Å². The Balaban J connectivity index is 2.37. The minimum absolute atomic E-state index is 0.260. The van der Waals surface area contributed by atoms with E-state index in [0.717, 1.165) is 23.1 Å². The Hall–Kier alpha value is -0.840. The van der Waals surface area contributed by atoms with Gasteiger partial charge in [-0.25, -0.2) is 4.68 Å². The highest BCUT2D eigenvalue weighted by Gasteiger charge is 2.12. The number of hydrogen-bond donors (Lipinski definition) is 1. The van der Waals surface area contributed by atoms with E-state index in [9.17, 15) is 0 Å². The predicted octanol–water partition coefficient (Wildman–Crippen LogP) is 4.35. The molecule has 0 aliphatic rings. The summed E-state index contributed by atoms with van der Waals surface area (Å²) in [5, 5.41) is 8.42. The van der Waals surface area contributed by atoms with Gasteiger partial charge in [-0.3, -0.25) is 0 Å². The van der Waals surface area contributed by atoms with Crippen LogP contribution in [-0.2, 0) is 0 Å². The SMILES string of the molecule is CCCNC(C)c1cc(Br)ccc1-n1cc(Cl)cn1. The third-order valence-electron chi connectivity index (χ3n) is 2.95. The first-order valence-electron chi connectivity index (χ1n) is 6.35. The van der Waals surface area contributed by atoms with Crippen molar-refractivity contribution in [1.29, 1.82) is 0 Å². The minimum Gasteiger partial charge on any atom is -0.310 e. The summed E-state index contributed by atoms with van der Waals surface area (Å²) in [5.74, 6) is 0. The van der Waals surface area contributed by atoms with Gasteiger partial charge >= 0.3 is 0 Å². The summed E-state index contributed by atoms with van der Waals surface area (Å²) in [6.45, 7) is 5.31. The quantitative estimate of drug-likeness (QED) is 0.875. The van der Waals surface area contributed by atoms with E-state index in [1.165, 1.54) is 5.56 Å². The molecule has 3 nitrogen and oxygen atoms in total. The number of aromatic nitrogens is 2. The van der Waals surface area contributed by atoms with E-state index in [0.29, 0.717) is 5.02 Å². The summed E-state index contributed by atoms with van der Waals surface area (Å²) in [6, 6.07) is 6.45. The van der Waals surface area contributed by atoms with Gasteiger partial charge in [0, 0.05) is 16.7 Å². The van der Waals surface area contributed by atoms with Gasteiger partial charge < -0.3 is 5.32 Å². The van der Waals surface area contributed by atoms with Crippen molar-refractivity contribution in [3.63, 3.8) is 0 Å². The molecule has 0 amide bonds. The highest BCUT2D eigenvalue weighted by molar-refractivity contribution is 9.10. The number of rotatable bonds is 5. The summed E-state index contributed by atoms with van der Waals surface area (Å²) in [6.07, 6.45) is 4.58. The van der Waals surface area contributed by atoms with Crippen molar-refractivity contribution in [3.8, 4) is 5.69 Å². The molecule has 2 rings (SSSR count). The molecule has 0 bridgehead atoms. The van der Waals surface area contributed by atoms with Crippen LogP contribution in [0.15, 0.2) is 35.1 Å². The number of nitrogens with one attached hydrogen (secondary N) is 1. The molecule has 1 aromatic carbocycles. The second kappa shape index (κ2) is 6.55. The van der Waals surface area contributed by atoms with E-state index in [1.807, 2.05) is 23.0 Å². The van der Waals surface area contributed by atoms with Crippen LogP contribution in [0.25, 0.3) is 5.69 Å². The van der Waals surface area contributed by atoms with Crippen LogP contribution in [0.1, 0.15) is 31.9 Å². The van der Waals surface area contributed by atoms with Crippen molar-refractivity contribution in [2.45, 2.75) is 26.3 Å². The largest absolute Gasteiger partial charge is 0.310 e. The molecular formula is C14H17BrClN3. The molecule has 0 aliphatic carbocycles. The van der Waals surface area contributed by atoms with Crippen LogP contribution in [0.2, 0.25) is 5.02 Å². The number of halogens is 2. The first-order valence-corrected chi connectivity index (χ1v) is 7.52. The van der Waals surface area contributed by atoms with Crippen LogP contribution >= 0.6 is 27.5 Å². The van der Waals surface area contributed by atoms with Crippen LogP contribution in [-0.4, -0.2) is 16.3 Å². The van der Waals surface area contributed by atoms with Crippen LogP contribution in [0.3, 0.4) is 0 Å². The van der Waals surface area contributed by atoms with Crippen molar-refractivity contribution in [3.05, 3.63) is 45.7 Å². The maximum Gasteiger partial charge on any atom is 0.0790 e. The van der Waals surface area contributed by atoms with Crippen molar-refractivity contribution in [1.82, 2.24) is 15.1 Å². The first kappa shape index (κ1) is 14.6. The van der Waals surface area contributed by atoms with Gasteiger partial charge in [0.15, 0.2) is 0 Å². The van der Waals surface area contributed by atoms with E-state index in [-0.39, 0.29) is 6.04 Å². The number of benzene rings is 1. The Kier molecular flexibility index (Phi) is 5.02. The fourth-order valence-electron chi connectivity index (χ4n) is 1.98. The van der Waals surface area contributed by atoms with E-state index >= 15 is 0 Å². The molecule has 0 saturated heterocycles. The van der Waals surface area contributed by atoms with Crippen molar-refractivity contribution >= 4 is 27.5 Å². The van der Waals surface area contributed by atoms with E-state index in [1.54, 1.807) is 6.20 Å². The van der Waals surface area contributed by atoms with Gasteiger partial charge in [0.1, 0.15) is 0 Å². The fraction of sp³-hybridized carbons (Fsp3) is 0.357. The smallest absolute Gasteiger partial charge is 0.0790 e. The number of nitrogens with zero attached hydrogens (tertiary/aromatic N) is 2. The fourth-order valence-corrected chi connectivity index (χ4v) is 2.50. The third kappa shape index (κ3) is 3.59. The first-order chi connectivity index (χ1) is 9.11. The molecule has 5 heteroatoms. The van der Waals surface area contributed by atoms with Crippen LogP contribution < -0.4 is 5.32 Å². The highest BCUT2D eigenvalue weighted by atomic mass is 79.9. The number of hydrogen-bond acceptors (Lipinski definition) is 2. The Bertz CT molecular complexity index is 553. The van der Waals surface area contributed by atoms with Gasteiger partial charge in [0.2, 0.25) is 0 Å². The molecule has 0 aliphatic heterocycles. The molecule has 0 spiro atoms. The summed E-state index contributed by atoms with van der Waals surface area (Å²) in [5.41, 5.74) is 2.24. The molecule has 0 fully saturated rings. The van der Waals surface area contributed by atoms with E-state index in [4.69, 9.17) is 11.6 Å². The Morgan fingerprint density at radius 1 is 1.47 bits per heavy atom. The summed E-state index contributed by atoms with van der Waals surface area (Å²) >= 11 is 9.48. The van der Waals surface area contributed by atoms with Gasteiger partial charge in [0.05, 0.1) is 16.9 Å². The molecule has 2 aromatic rings. The van der Waals surface area contributed by atoms with Crippen molar-refractivity contribution < 1.29 is 0 Å². The lowest BCUT2D eigenvalue weighted by molar-refractivity contribution is 0.567. The Morgan fingerprint density at radius 3 is 2.89 bits per heavy atom. The second-order valence-corrected chi connectivity index (χ2v) is 5.83. The molecule has 102 valence electrons. The molecular weight excluding hydrogens is 326 g/mol. The Morgan fingerprint density at radius 2 is 2.26 bits per heavy atom. The summed E-state index contributed by atoms with van der Waals surface area (Å²) in [4.78, 5) is 0. The lowest BCUT2D eigenvalue weighted by atomic mass is 10.1. The zero-order chi connectivity index (χ0) is 13.8. The maximum atomic E-state index is 5.95. The zero-order valence-corrected chi connectivity index (χ0v) is 13.4. The van der Waals surface area contributed by atoms with E-state index < -0.39 is 0 Å². The molecule has 1 unspecified atom stereocenters. The monoisotopic (exact) mass is 341 g/mol. The third-order valence-corrected chi connectivity index (χ3v) is 3.64. The van der Waals surface area contributed by atoms with Crippen molar-refractivity contribution in [2.24, 2.45) is 0 Å². The normalized spacial score (nSPS) is 12.6. The second-order valence-electron chi connectivity index (χ2n) is 4.48. The lowest BCUT2D eigenvalue weighted by Crippen LogP contribution is -2.20. The topological polar surface area (TPSA) is 29.9 Å². The highest BCUT2D eigenvalue weighted by Crippen LogP contribution is 2.26. The molecule has 1 N–H and O–H groups in total. The molecule has 1 atom stereocenters. The molecule has 19 heavy (non-hydrogen) atoms. The van der Waals surface area contributed by atoms with Crippen LogP contribution in [0.4, 0.5) is 0 Å². The average molecular weight is 343 g/mol. The predicted molar refractivity (Wildman–Crippen MR) is 83.0 cm³/mol. The minimum atomic E-state index is 0.260. The maximum absolute atomic E-state index is 5.95. The van der Waals surface area contributed by atoms with Gasteiger partial charge in [-0.1, -0.05) is 34.5 Å².